The molecule has 1 amide bonds. The molecule has 2 rings (SSSR count). The van der Waals surface area contributed by atoms with Crippen LogP contribution in [0.4, 0.5) is 5.69 Å². The number of benzene rings is 2. The largest absolute Gasteiger partial charge is 0.392 e. The molecule has 0 aliphatic heterocycles. The molecule has 2 aromatic rings. The van der Waals surface area contributed by atoms with Gasteiger partial charge in [0, 0.05) is 24.3 Å². The highest BCUT2D eigenvalue weighted by atomic mass is 16.3. The summed E-state index contributed by atoms with van der Waals surface area (Å²) in [6, 6.07) is 14.8. The van der Waals surface area contributed by atoms with Crippen molar-refractivity contribution >= 4 is 17.8 Å². The molecular formula is C19H23N3O2. The van der Waals surface area contributed by atoms with Gasteiger partial charge in [-0.1, -0.05) is 24.3 Å². The molecule has 0 fully saturated rings. The van der Waals surface area contributed by atoms with Crippen LogP contribution in [0.5, 0.6) is 0 Å². The lowest BCUT2D eigenvalue weighted by molar-refractivity contribution is 0.0955. The summed E-state index contributed by atoms with van der Waals surface area (Å²) in [6.07, 6.45) is 1.62. The fourth-order valence-electron chi connectivity index (χ4n) is 2.35. The molecule has 0 bridgehead atoms. The lowest BCUT2D eigenvalue weighted by Gasteiger charge is -2.20. The van der Waals surface area contributed by atoms with Gasteiger partial charge in [-0.3, -0.25) is 4.79 Å². The van der Waals surface area contributed by atoms with Gasteiger partial charge in [-0.05, 0) is 49.2 Å². The van der Waals surface area contributed by atoms with Crippen molar-refractivity contribution in [2.45, 2.75) is 20.5 Å². The molecule has 0 aliphatic carbocycles. The Balaban J connectivity index is 1.94. The van der Waals surface area contributed by atoms with E-state index in [0.29, 0.717) is 5.56 Å². The summed E-state index contributed by atoms with van der Waals surface area (Å²) in [5, 5.41) is 13.0. The molecule has 0 atom stereocenters. The van der Waals surface area contributed by atoms with E-state index < -0.39 is 0 Å². The summed E-state index contributed by atoms with van der Waals surface area (Å²) in [7, 11) is 0. The van der Waals surface area contributed by atoms with Gasteiger partial charge in [-0.25, -0.2) is 5.43 Å². The second kappa shape index (κ2) is 8.84. The monoisotopic (exact) mass is 325 g/mol. The fourth-order valence-corrected chi connectivity index (χ4v) is 2.35. The van der Waals surface area contributed by atoms with Crippen molar-refractivity contribution in [1.29, 1.82) is 0 Å². The topological polar surface area (TPSA) is 64.9 Å². The molecule has 0 aliphatic rings. The molecule has 5 heteroatoms. The maximum Gasteiger partial charge on any atom is 0.271 e. The minimum Gasteiger partial charge on any atom is -0.392 e. The molecule has 0 saturated carbocycles. The number of carbonyl (C=O) groups excluding carboxylic acids is 1. The number of hydrogen-bond acceptors (Lipinski definition) is 4. The zero-order valence-corrected chi connectivity index (χ0v) is 14.1. The van der Waals surface area contributed by atoms with Gasteiger partial charge in [-0.15, -0.1) is 0 Å². The standard InChI is InChI=1S/C19H23N3O2/c1-3-22(4-2)18-11-7-15(8-12-18)13-20-21-19(24)17-9-5-16(14-23)6-10-17/h5-13,23H,3-4,14H2,1-2H3,(H,21,24). The maximum atomic E-state index is 12.0. The van der Waals surface area contributed by atoms with Gasteiger partial charge in [0.15, 0.2) is 0 Å². The van der Waals surface area contributed by atoms with Crippen LogP contribution in [0.25, 0.3) is 0 Å². The number of carbonyl (C=O) groups is 1. The van der Waals surface area contributed by atoms with E-state index >= 15 is 0 Å². The van der Waals surface area contributed by atoms with Crippen LogP contribution >= 0.6 is 0 Å². The third-order valence-corrected chi connectivity index (χ3v) is 3.80. The van der Waals surface area contributed by atoms with Gasteiger partial charge in [0.1, 0.15) is 0 Å². The summed E-state index contributed by atoms with van der Waals surface area (Å²) >= 11 is 0. The minimum atomic E-state index is -0.282. The Morgan fingerprint density at radius 3 is 2.25 bits per heavy atom. The Hall–Kier alpha value is -2.66. The average molecular weight is 325 g/mol. The number of aliphatic hydroxyl groups excluding tert-OH is 1. The number of nitrogens with zero attached hydrogens (tertiary/aromatic N) is 2. The summed E-state index contributed by atoms with van der Waals surface area (Å²) < 4.78 is 0. The predicted octanol–water partition coefficient (Wildman–Crippen LogP) is 2.79. The van der Waals surface area contributed by atoms with Crippen molar-refractivity contribution in [1.82, 2.24) is 5.43 Å². The van der Waals surface area contributed by atoms with E-state index in [1.54, 1.807) is 30.5 Å². The van der Waals surface area contributed by atoms with Crippen molar-refractivity contribution in [3.8, 4) is 0 Å². The van der Waals surface area contributed by atoms with Crippen LogP contribution in [-0.4, -0.2) is 30.3 Å². The van der Waals surface area contributed by atoms with E-state index in [1.807, 2.05) is 24.3 Å². The molecule has 0 unspecified atom stereocenters. The summed E-state index contributed by atoms with van der Waals surface area (Å²) in [5.41, 5.74) is 5.86. The number of hydrazone groups is 1. The molecule has 5 nitrogen and oxygen atoms in total. The molecule has 24 heavy (non-hydrogen) atoms. The lowest BCUT2D eigenvalue weighted by atomic mass is 10.1. The smallest absolute Gasteiger partial charge is 0.271 e. The SMILES string of the molecule is CCN(CC)c1ccc(C=NNC(=O)c2ccc(CO)cc2)cc1. The summed E-state index contributed by atoms with van der Waals surface area (Å²) in [6.45, 7) is 6.15. The Kier molecular flexibility index (Phi) is 6.51. The molecular weight excluding hydrogens is 302 g/mol. The maximum absolute atomic E-state index is 12.0. The first-order valence-corrected chi connectivity index (χ1v) is 8.06. The van der Waals surface area contributed by atoms with Crippen molar-refractivity contribution in [2.24, 2.45) is 5.10 Å². The first-order valence-electron chi connectivity index (χ1n) is 8.06. The van der Waals surface area contributed by atoms with Crippen LogP contribution in [0, 0.1) is 0 Å². The third-order valence-electron chi connectivity index (χ3n) is 3.80. The van der Waals surface area contributed by atoms with E-state index in [9.17, 15) is 4.79 Å². The number of rotatable bonds is 7. The number of hydrogen-bond donors (Lipinski definition) is 2. The van der Waals surface area contributed by atoms with E-state index in [2.05, 4.69) is 29.3 Å². The molecule has 0 saturated heterocycles. The van der Waals surface area contributed by atoms with Gasteiger partial charge in [0.25, 0.3) is 5.91 Å². The van der Waals surface area contributed by atoms with Crippen LogP contribution < -0.4 is 10.3 Å². The zero-order valence-electron chi connectivity index (χ0n) is 14.1. The first-order chi connectivity index (χ1) is 11.7. The van der Waals surface area contributed by atoms with Crippen molar-refractivity contribution < 1.29 is 9.90 Å². The van der Waals surface area contributed by atoms with Crippen molar-refractivity contribution in [3.05, 3.63) is 65.2 Å². The van der Waals surface area contributed by atoms with Crippen molar-refractivity contribution in [2.75, 3.05) is 18.0 Å². The van der Waals surface area contributed by atoms with Gasteiger partial charge in [-0.2, -0.15) is 5.10 Å². The van der Waals surface area contributed by atoms with Gasteiger partial charge < -0.3 is 10.0 Å². The Bertz CT molecular complexity index is 675. The van der Waals surface area contributed by atoms with Gasteiger partial charge in [0.2, 0.25) is 0 Å². The van der Waals surface area contributed by atoms with Crippen LogP contribution in [-0.2, 0) is 6.61 Å². The fraction of sp³-hybridized carbons (Fsp3) is 0.263. The van der Waals surface area contributed by atoms with E-state index in [1.165, 1.54) is 5.69 Å². The summed E-state index contributed by atoms with van der Waals surface area (Å²) in [4.78, 5) is 14.2. The van der Waals surface area contributed by atoms with Crippen LogP contribution in [0.15, 0.2) is 53.6 Å². The van der Waals surface area contributed by atoms with Gasteiger partial charge in [0.05, 0.1) is 12.8 Å². The molecule has 2 N–H and O–H groups in total. The van der Waals surface area contributed by atoms with Crippen molar-refractivity contribution in [3.63, 3.8) is 0 Å². The Labute approximate surface area is 142 Å². The number of amides is 1. The van der Waals surface area contributed by atoms with Crippen LogP contribution in [0.3, 0.4) is 0 Å². The zero-order chi connectivity index (χ0) is 17.4. The van der Waals surface area contributed by atoms with Crippen LogP contribution in [0.1, 0.15) is 35.3 Å². The van der Waals surface area contributed by atoms with E-state index in [0.717, 1.165) is 24.2 Å². The molecule has 0 radical (unpaired) electrons. The average Bonchev–Trinajstić information content (AvgIpc) is 2.64. The number of nitrogens with one attached hydrogen (secondary N) is 1. The predicted molar refractivity (Wildman–Crippen MR) is 97.4 cm³/mol. The molecule has 126 valence electrons. The number of aliphatic hydroxyl groups is 1. The second-order valence-electron chi connectivity index (χ2n) is 5.32. The first kappa shape index (κ1) is 17.7. The third kappa shape index (κ3) is 4.67. The number of anilines is 1. The van der Waals surface area contributed by atoms with E-state index in [-0.39, 0.29) is 12.5 Å². The highest BCUT2D eigenvalue weighted by Gasteiger charge is 2.04. The van der Waals surface area contributed by atoms with Crippen LogP contribution in [0.2, 0.25) is 0 Å². The molecule has 0 heterocycles. The normalized spacial score (nSPS) is 10.8. The molecule has 0 aromatic heterocycles. The molecule has 0 spiro atoms. The van der Waals surface area contributed by atoms with Gasteiger partial charge >= 0.3 is 0 Å². The highest BCUT2D eigenvalue weighted by Crippen LogP contribution is 2.14. The molecule has 2 aromatic carbocycles. The second-order valence-corrected chi connectivity index (χ2v) is 5.32. The Morgan fingerprint density at radius 2 is 1.71 bits per heavy atom. The summed E-state index contributed by atoms with van der Waals surface area (Å²) in [5.74, 6) is -0.282. The quantitative estimate of drug-likeness (QED) is 0.608. The Morgan fingerprint density at radius 1 is 1.08 bits per heavy atom. The minimum absolute atomic E-state index is 0.0382. The lowest BCUT2D eigenvalue weighted by Crippen LogP contribution is -2.21. The highest BCUT2D eigenvalue weighted by molar-refractivity contribution is 5.94. The van der Waals surface area contributed by atoms with E-state index in [4.69, 9.17) is 5.11 Å².